The largest absolute Gasteiger partial charge is 0.461 e. The van der Waals surface area contributed by atoms with Crippen LogP contribution < -0.4 is 0 Å². The number of piperidine rings is 1. The molecule has 0 unspecified atom stereocenters. The van der Waals surface area contributed by atoms with Crippen LogP contribution in [0.25, 0.3) is 0 Å². The summed E-state index contributed by atoms with van der Waals surface area (Å²) >= 11 is 0. The second-order valence-corrected chi connectivity index (χ2v) is 6.84. The minimum atomic E-state index is -0.454. The van der Waals surface area contributed by atoms with E-state index in [0.29, 0.717) is 30.8 Å². The van der Waals surface area contributed by atoms with Crippen molar-refractivity contribution in [1.82, 2.24) is 9.80 Å². The Hall–Kier alpha value is -2.35. The van der Waals surface area contributed by atoms with Crippen molar-refractivity contribution >= 4 is 18.0 Å². The fourth-order valence-electron chi connectivity index (χ4n) is 2.55. The molecular formula is C20H32N2O6. The number of nitrogens with zero attached hydrogens (tertiary/aromatic N) is 2. The van der Waals surface area contributed by atoms with Gasteiger partial charge in [0.2, 0.25) is 0 Å². The van der Waals surface area contributed by atoms with Crippen LogP contribution in [0.5, 0.6) is 0 Å². The number of rotatable bonds is 11. The second-order valence-electron chi connectivity index (χ2n) is 6.84. The van der Waals surface area contributed by atoms with Crippen molar-refractivity contribution in [2.45, 2.75) is 33.1 Å². The Kier molecular flexibility index (Phi) is 10.9. The van der Waals surface area contributed by atoms with Gasteiger partial charge in [-0.2, -0.15) is 0 Å². The van der Waals surface area contributed by atoms with Crippen LogP contribution in [-0.4, -0.2) is 80.4 Å². The molecule has 0 aromatic heterocycles. The third-order valence-corrected chi connectivity index (χ3v) is 4.23. The van der Waals surface area contributed by atoms with Gasteiger partial charge in [-0.1, -0.05) is 13.2 Å². The first-order valence-electron chi connectivity index (χ1n) is 9.60. The normalized spacial score (nSPS) is 13.8. The van der Waals surface area contributed by atoms with Crippen molar-refractivity contribution in [3.63, 3.8) is 0 Å². The summed E-state index contributed by atoms with van der Waals surface area (Å²) in [6.45, 7) is 13.5. The number of esters is 2. The Morgan fingerprint density at radius 2 is 1.21 bits per heavy atom. The highest BCUT2D eigenvalue weighted by Gasteiger charge is 2.18. The number of carbonyl (C=O) groups excluding carboxylic acids is 3. The standard InChI is InChI=1S/C20H32N2O6/c1-16(2)18(23)26-13-10-21(11-14-27-19(24)17(3)4)12-15-28-20(25)22-8-6-5-7-9-22/h1,3,5-15H2,2,4H3. The highest BCUT2D eigenvalue weighted by molar-refractivity contribution is 5.87. The molecule has 0 saturated carbocycles. The summed E-state index contributed by atoms with van der Waals surface area (Å²) in [6, 6.07) is 0. The Morgan fingerprint density at radius 3 is 1.64 bits per heavy atom. The molecule has 0 atom stereocenters. The Balaban J connectivity index is 2.40. The van der Waals surface area contributed by atoms with Crippen molar-refractivity contribution in [2.75, 3.05) is 52.5 Å². The van der Waals surface area contributed by atoms with Gasteiger partial charge >= 0.3 is 18.0 Å². The van der Waals surface area contributed by atoms with Gasteiger partial charge in [-0.05, 0) is 33.1 Å². The highest BCUT2D eigenvalue weighted by atomic mass is 16.6. The molecule has 0 bridgehead atoms. The first-order chi connectivity index (χ1) is 13.3. The number of amides is 1. The predicted octanol–water partition coefficient (Wildman–Crippen LogP) is 2.15. The molecule has 0 radical (unpaired) electrons. The maximum Gasteiger partial charge on any atom is 0.409 e. The summed E-state index contributed by atoms with van der Waals surface area (Å²) in [5.41, 5.74) is 0.662. The van der Waals surface area contributed by atoms with Crippen molar-refractivity contribution < 1.29 is 28.6 Å². The van der Waals surface area contributed by atoms with E-state index in [2.05, 4.69) is 13.2 Å². The lowest BCUT2D eigenvalue weighted by atomic mass is 10.1. The van der Waals surface area contributed by atoms with E-state index < -0.39 is 11.9 Å². The summed E-state index contributed by atoms with van der Waals surface area (Å²) in [4.78, 5) is 38.7. The lowest BCUT2D eigenvalue weighted by molar-refractivity contribution is -0.139. The summed E-state index contributed by atoms with van der Waals surface area (Å²) in [5, 5.41) is 0. The van der Waals surface area contributed by atoms with Gasteiger partial charge in [0.05, 0.1) is 0 Å². The van der Waals surface area contributed by atoms with Gasteiger partial charge < -0.3 is 19.1 Å². The van der Waals surface area contributed by atoms with Crippen LogP contribution in [0.1, 0.15) is 33.1 Å². The number of likely N-dealkylation sites (tertiary alicyclic amines) is 1. The number of hydrogen-bond acceptors (Lipinski definition) is 7. The molecule has 158 valence electrons. The first-order valence-corrected chi connectivity index (χ1v) is 9.60. The summed E-state index contributed by atoms with van der Waals surface area (Å²) in [7, 11) is 0. The zero-order valence-electron chi connectivity index (χ0n) is 17.0. The van der Waals surface area contributed by atoms with E-state index in [1.807, 2.05) is 4.90 Å². The number of carbonyl (C=O) groups is 3. The zero-order valence-corrected chi connectivity index (χ0v) is 17.0. The van der Waals surface area contributed by atoms with Gasteiger partial charge in [0.25, 0.3) is 0 Å². The molecule has 1 aliphatic heterocycles. The minimum Gasteiger partial charge on any atom is -0.461 e. The Morgan fingerprint density at radius 1 is 0.786 bits per heavy atom. The van der Waals surface area contributed by atoms with Gasteiger partial charge in [-0.15, -0.1) is 0 Å². The van der Waals surface area contributed by atoms with E-state index in [0.717, 1.165) is 32.4 Å². The minimum absolute atomic E-state index is 0.167. The van der Waals surface area contributed by atoms with E-state index in [4.69, 9.17) is 14.2 Å². The van der Waals surface area contributed by atoms with Gasteiger partial charge in [0, 0.05) is 43.9 Å². The van der Waals surface area contributed by atoms with Gasteiger partial charge in [-0.25, -0.2) is 14.4 Å². The average Bonchev–Trinajstić information content (AvgIpc) is 2.67. The van der Waals surface area contributed by atoms with Crippen LogP contribution >= 0.6 is 0 Å². The SMILES string of the molecule is C=C(C)C(=O)OCCN(CCOC(=O)C(=C)C)CCOC(=O)N1CCCCC1. The first kappa shape index (κ1) is 23.7. The molecule has 1 fully saturated rings. The van der Waals surface area contributed by atoms with Gasteiger partial charge in [0.1, 0.15) is 19.8 Å². The molecule has 8 heteroatoms. The lowest BCUT2D eigenvalue weighted by Crippen LogP contribution is -2.39. The summed E-state index contributed by atoms with van der Waals surface area (Å²) < 4.78 is 15.6. The van der Waals surface area contributed by atoms with E-state index >= 15 is 0 Å². The molecule has 1 aliphatic rings. The fourth-order valence-corrected chi connectivity index (χ4v) is 2.55. The van der Waals surface area contributed by atoms with Crippen LogP contribution in [0, 0.1) is 0 Å². The summed E-state index contributed by atoms with van der Waals surface area (Å²) in [6.07, 6.45) is 2.85. The van der Waals surface area contributed by atoms with Crippen LogP contribution in [0.3, 0.4) is 0 Å². The summed E-state index contributed by atoms with van der Waals surface area (Å²) in [5.74, 6) is -0.907. The molecule has 0 N–H and O–H groups in total. The molecule has 8 nitrogen and oxygen atoms in total. The monoisotopic (exact) mass is 396 g/mol. The van der Waals surface area contributed by atoms with Crippen molar-refractivity contribution in [1.29, 1.82) is 0 Å². The molecule has 0 aliphatic carbocycles. The van der Waals surface area contributed by atoms with Crippen molar-refractivity contribution in [2.24, 2.45) is 0 Å². The molecule has 1 heterocycles. The predicted molar refractivity (Wildman–Crippen MR) is 105 cm³/mol. The van der Waals surface area contributed by atoms with Gasteiger partial charge in [0.15, 0.2) is 0 Å². The van der Waals surface area contributed by atoms with Crippen LogP contribution in [0.2, 0.25) is 0 Å². The fraction of sp³-hybridized carbons (Fsp3) is 0.650. The Labute approximate surface area is 167 Å². The van der Waals surface area contributed by atoms with E-state index in [1.54, 1.807) is 18.7 Å². The number of ether oxygens (including phenoxy) is 3. The van der Waals surface area contributed by atoms with Crippen molar-refractivity contribution in [3.8, 4) is 0 Å². The number of hydrogen-bond donors (Lipinski definition) is 0. The molecule has 0 aromatic carbocycles. The van der Waals surface area contributed by atoms with Gasteiger partial charge in [-0.3, -0.25) is 4.90 Å². The molecule has 0 spiro atoms. The third kappa shape index (κ3) is 9.55. The van der Waals surface area contributed by atoms with Crippen LogP contribution in [0.15, 0.2) is 24.3 Å². The molecule has 28 heavy (non-hydrogen) atoms. The quantitative estimate of drug-likeness (QED) is 0.300. The Bertz CT molecular complexity index is 537. The zero-order chi connectivity index (χ0) is 20.9. The average molecular weight is 396 g/mol. The smallest absolute Gasteiger partial charge is 0.409 e. The molecular weight excluding hydrogens is 364 g/mol. The van der Waals surface area contributed by atoms with E-state index in [-0.39, 0.29) is 25.9 Å². The van der Waals surface area contributed by atoms with E-state index in [1.165, 1.54) is 0 Å². The van der Waals surface area contributed by atoms with Crippen LogP contribution in [0.4, 0.5) is 4.79 Å². The van der Waals surface area contributed by atoms with Crippen LogP contribution in [-0.2, 0) is 23.8 Å². The van der Waals surface area contributed by atoms with Crippen molar-refractivity contribution in [3.05, 3.63) is 24.3 Å². The molecule has 1 rings (SSSR count). The maximum absolute atomic E-state index is 12.1. The molecule has 1 saturated heterocycles. The molecule has 1 amide bonds. The highest BCUT2D eigenvalue weighted by Crippen LogP contribution is 2.09. The molecule has 0 aromatic rings. The van der Waals surface area contributed by atoms with E-state index in [9.17, 15) is 14.4 Å². The topological polar surface area (TPSA) is 85.4 Å². The maximum atomic E-state index is 12.1. The second kappa shape index (κ2) is 12.9. The lowest BCUT2D eigenvalue weighted by Gasteiger charge is -2.27. The third-order valence-electron chi connectivity index (χ3n) is 4.23.